The molecule has 0 aromatic heterocycles. The normalized spacial score (nSPS) is 28.5. The van der Waals surface area contributed by atoms with E-state index in [1.165, 1.54) is 12.8 Å². The van der Waals surface area contributed by atoms with Crippen molar-refractivity contribution in [3.05, 3.63) is 23.8 Å². The molecule has 1 fully saturated rings. The molecule has 0 spiro atoms. The molecule has 188 valence electrons. The van der Waals surface area contributed by atoms with Crippen LogP contribution in [-0.4, -0.2) is 24.7 Å². The molecule has 1 aliphatic heterocycles. The van der Waals surface area contributed by atoms with Crippen molar-refractivity contribution in [3.8, 4) is 12.0 Å². The number of unbranched alkanes of at least 4 members (excludes halogenated alkanes) is 2. The van der Waals surface area contributed by atoms with E-state index in [9.17, 15) is 4.79 Å². The molecule has 6 nitrogen and oxygen atoms in total. The van der Waals surface area contributed by atoms with Crippen LogP contribution in [0.15, 0.2) is 18.2 Å². The summed E-state index contributed by atoms with van der Waals surface area (Å²) in [6, 6.07) is 5.08. The molecule has 0 radical (unpaired) electrons. The molecule has 6 atom stereocenters. The van der Waals surface area contributed by atoms with Crippen LogP contribution in [0.1, 0.15) is 91.2 Å². The highest BCUT2D eigenvalue weighted by Gasteiger charge is 2.44. The molecule has 1 aromatic carbocycles. The summed E-state index contributed by atoms with van der Waals surface area (Å²) in [6.45, 7) is 11.3. The molecule has 3 rings (SSSR count). The van der Waals surface area contributed by atoms with Gasteiger partial charge < -0.3 is 19.5 Å². The highest BCUT2D eigenvalue weighted by molar-refractivity contribution is 5.81. The Morgan fingerprint density at radius 3 is 2.71 bits per heavy atom. The molecule has 1 aliphatic carbocycles. The van der Waals surface area contributed by atoms with Crippen molar-refractivity contribution in [2.24, 2.45) is 23.7 Å². The third-order valence-corrected chi connectivity index (χ3v) is 7.59. The number of nitrogens with one attached hydrogen (secondary N) is 1. The van der Waals surface area contributed by atoms with Gasteiger partial charge in [-0.15, -0.1) is 5.26 Å². The standard InChI is InChI=1S/C28H42N2O4/c1-6-8-9-10-22-26(28(31)32-7-2)30-24-14-12-20(33-17-29)16-23(24)27(22)34-25-15-19(5)11-13-21(25)18(3)4/h12,14,16,18-19,21-22,25-27,30H,6-11,13,15H2,1-5H3/t19-,21?,22-,25-,26?,27+/m1/s1. The second-order valence-corrected chi connectivity index (χ2v) is 10.4. The highest BCUT2D eigenvalue weighted by Crippen LogP contribution is 2.47. The maximum Gasteiger partial charge on any atom is 0.328 e. The van der Waals surface area contributed by atoms with Crippen molar-refractivity contribution < 1.29 is 19.0 Å². The molecular weight excluding hydrogens is 428 g/mol. The van der Waals surface area contributed by atoms with Crippen LogP contribution in [-0.2, 0) is 14.3 Å². The van der Waals surface area contributed by atoms with E-state index in [1.807, 2.05) is 19.1 Å². The van der Waals surface area contributed by atoms with Gasteiger partial charge in [-0.05, 0) is 62.1 Å². The summed E-state index contributed by atoms with van der Waals surface area (Å²) >= 11 is 0. The SMILES string of the molecule is CCCCC[C@@H]1C(C(=O)OCC)Nc2ccc(OC#N)cc2[C@H]1O[C@@H]1C[C@H](C)CCC1C(C)C. The summed E-state index contributed by atoms with van der Waals surface area (Å²) in [5.41, 5.74) is 1.82. The average molecular weight is 471 g/mol. The number of rotatable bonds is 10. The van der Waals surface area contributed by atoms with Crippen LogP contribution in [0.2, 0.25) is 0 Å². The van der Waals surface area contributed by atoms with Gasteiger partial charge in [0.2, 0.25) is 0 Å². The molecule has 0 saturated heterocycles. The number of fused-ring (bicyclic) bond motifs is 1. The third kappa shape index (κ3) is 6.24. The van der Waals surface area contributed by atoms with Crippen molar-refractivity contribution in [3.63, 3.8) is 0 Å². The molecular formula is C28H42N2O4. The highest BCUT2D eigenvalue weighted by atomic mass is 16.5. The lowest BCUT2D eigenvalue weighted by Gasteiger charge is -2.44. The third-order valence-electron chi connectivity index (χ3n) is 7.59. The number of nitrogens with zero attached hydrogens (tertiary/aromatic N) is 1. The maximum absolute atomic E-state index is 13.1. The number of anilines is 1. The van der Waals surface area contributed by atoms with Crippen LogP contribution in [0.3, 0.4) is 0 Å². The second-order valence-electron chi connectivity index (χ2n) is 10.4. The van der Waals surface area contributed by atoms with Gasteiger partial charge in [0.05, 0.1) is 18.8 Å². The van der Waals surface area contributed by atoms with E-state index >= 15 is 0 Å². The molecule has 1 heterocycles. The van der Waals surface area contributed by atoms with Crippen LogP contribution >= 0.6 is 0 Å². The Balaban J connectivity index is 2.02. The van der Waals surface area contributed by atoms with Crippen molar-refractivity contribution in [2.75, 3.05) is 11.9 Å². The van der Waals surface area contributed by atoms with Gasteiger partial charge in [-0.1, -0.05) is 53.4 Å². The number of benzene rings is 1. The summed E-state index contributed by atoms with van der Waals surface area (Å²) in [7, 11) is 0. The minimum absolute atomic E-state index is 0.0551. The first-order chi connectivity index (χ1) is 16.4. The molecule has 2 aliphatic rings. The van der Waals surface area contributed by atoms with Crippen LogP contribution in [0, 0.1) is 35.2 Å². The van der Waals surface area contributed by atoms with Crippen molar-refractivity contribution in [2.45, 2.75) is 97.8 Å². The molecule has 1 aromatic rings. The first kappa shape index (κ1) is 26.3. The summed E-state index contributed by atoms with van der Waals surface area (Å²) in [4.78, 5) is 13.1. The monoisotopic (exact) mass is 470 g/mol. The molecule has 0 amide bonds. The predicted molar refractivity (Wildman–Crippen MR) is 133 cm³/mol. The molecule has 1 N–H and O–H groups in total. The number of hydrogen-bond acceptors (Lipinski definition) is 6. The summed E-state index contributed by atoms with van der Waals surface area (Å²) in [5, 5.41) is 12.5. The van der Waals surface area contributed by atoms with Crippen LogP contribution in [0.5, 0.6) is 5.75 Å². The molecule has 0 bridgehead atoms. The number of carbonyl (C=O) groups is 1. The topological polar surface area (TPSA) is 80.6 Å². The van der Waals surface area contributed by atoms with Gasteiger partial charge in [0, 0.05) is 17.2 Å². The number of hydrogen-bond donors (Lipinski definition) is 1. The Labute approximate surface area is 205 Å². The zero-order valence-corrected chi connectivity index (χ0v) is 21.5. The number of nitriles is 1. The summed E-state index contributed by atoms with van der Waals surface area (Å²) in [5.74, 6) is 1.86. The molecule has 1 saturated carbocycles. The lowest BCUT2D eigenvalue weighted by molar-refractivity contribution is -0.151. The van der Waals surface area contributed by atoms with Gasteiger partial charge in [-0.3, -0.25) is 0 Å². The van der Waals surface area contributed by atoms with Gasteiger partial charge in [-0.2, -0.15) is 0 Å². The van der Waals surface area contributed by atoms with E-state index < -0.39 is 6.04 Å². The van der Waals surface area contributed by atoms with E-state index in [1.54, 1.807) is 12.3 Å². The van der Waals surface area contributed by atoms with Crippen LogP contribution in [0.25, 0.3) is 0 Å². The van der Waals surface area contributed by atoms with E-state index in [0.29, 0.717) is 30.1 Å². The van der Waals surface area contributed by atoms with Crippen LogP contribution in [0.4, 0.5) is 5.69 Å². The number of ether oxygens (including phenoxy) is 3. The fourth-order valence-corrected chi connectivity index (χ4v) is 5.75. The van der Waals surface area contributed by atoms with Gasteiger partial charge in [-0.25, -0.2) is 4.79 Å². The van der Waals surface area contributed by atoms with E-state index in [0.717, 1.165) is 43.4 Å². The Morgan fingerprint density at radius 2 is 2.03 bits per heavy atom. The Bertz CT molecular complexity index is 849. The smallest absolute Gasteiger partial charge is 0.328 e. The maximum atomic E-state index is 13.1. The minimum Gasteiger partial charge on any atom is -0.464 e. The zero-order valence-electron chi connectivity index (χ0n) is 21.5. The Kier molecular flexibility index (Phi) is 9.64. The first-order valence-corrected chi connectivity index (χ1v) is 13.2. The lowest BCUT2D eigenvalue weighted by Crippen LogP contribution is -2.47. The van der Waals surface area contributed by atoms with Crippen molar-refractivity contribution in [1.82, 2.24) is 0 Å². The van der Waals surface area contributed by atoms with Gasteiger partial charge in [0.1, 0.15) is 11.8 Å². The molecule has 2 unspecified atom stereocenters. The quantitative estimate of drug-likeness (QED) is 0.235. The average Bonchev–Trinajstić information content (AvgIpc) is 2.80. The van der Waals surface area contributed by atoms with Crippen LogP contribution < -0.4 is 10.1 Å². The summed E-state index contributed by atoms with van der Waals surface area (Å²) in [6.07, 6.45) is 9.19. The summed E-state index contributed by atoms with van der Waals surface area (Å²) < 4.78 is 17.7. The molecule has 6 heteroatoms. The number of carbonyl (C=O) groups excluding carboxylic acids is 1. The van der Waals surface area contributed by atoms with E-state index in [2.05, 4.69) is 33.0 Å². The fraction of sp³-hybridized carbons (Fsp3) is 0.714. The minimum atomic E-state index is -0.462. The fourth-order valence-electron chi connectivity index (χ4n) is 5.75. The largest absolute Gasteiger partial charge is 0.464 e. The van der Waals surface area contributed by atoms with Crippen molar-refractivity contribution >= 4 is 11.7 Å². The van der Waals surface area contributed by atoms with Crippen molar-refractivity contribution in [1.29, 1.82) is 5.26 Å². The number of esters is 1. The zero-order chi connectivity index (χ0) is 24.7. The predicted octanol–water partition coefficient (Wildman–Crippen LogP) is 6.62. The lowest BCUT2D eigenvalue weighted by atomic mass is 9.74. The molecule has 34 heavy (non-hydrogen) atoms. The van der Waals surface area contributed by atoms with Gasteiger partial charge >= 0.3 is 5.97 Å². The van der Waals surface area contributed by atoms with Gasteiger partial charge in [0.15, 0.2) is 0 Å². The van der Waals surface area contributed by atoms with E-state index in [4.69, 9.17) is 19.5 Å². The Hall–Kier alpha value is -2.26. The first-order valence-electron chi connectivity index (χ1n) is 13.2. The van der Waals surface area contributed by atoms with Gasteiger partial charge in [0.25, 0.3) is 6.26 Å². The second kappa shape index (κ2) is 12.4. The van der Waals surface area contributed by atoms with E-state index in [-0.39, 0.29) is 24.1 Å². The Morgan fingerprint density at radius 1 is 1.24 bits per heavy atom.